The fraction of sp³-hybridized carbons (Fsp3) is 0.960. The summed E-state index contributed by atoms with van der Waals surface area (Å²) in [5.41, 5.74) is 3.26. The van der Waals surface area contributed by atoms with Crippen molar-refractivity contribution in [3.05, 3.63) is 0 Å². The Morgan fingerprint density at radius 2 is 0.963 bits per heavy atom. The van der Waals surface area contributed by atoms with Crippen molar-refractivity contribution in [3.63, 3.8) is 0 Å². The maximum atomic E-state index is 13.0. The van der Waals surface area contributed by atoms with Crippen LogP contribution in [0.5, 0.6) is 0 Å². The van der Waals surface area contributed by atoms with E-state index in [1.54, 1.807) is 7.11 Å². The van der Waals surface area contributed by atoms with Gasteiger partial charge in [0.2, 0.25) is 0 Å². The van der Waals surface area contributed by atoms with Crippen LogP contribution in [0.15, 0.2) is 0 Å². The molecule has 6 spiro atoms. The van der Waals surface area contributed by atoms with E-state index in [9.17, 15) is 4.79 Å². The van der Waals surface area contributed by atoms with Crippen molar-refractivity contribution >= 4 is 5.97 Å². The van der Waals surface area contributed by atoms with E-state index in [2.05, 4.69) is 0 Å². The van der Waals surface area contributed by atoms with Crippen LogP contribution in [-0.4, -0.2) is 13.1 Å². The molecule has 0 aromatic rings. The fourth-order valence-corrected chi connectivity index (χ4v) is 11.8. The minimum Gasteiger partial charge on any atom is -0.469 e. The van der Waals surface area contributed by atoms with E-state index in [1.807, 2.05) is 0 Å². The summed E-state index contributed by atoms with van der Waals surface area (Å²) < 4.78 is 5.42. The third kappa shape index (κ3) is 1.19. The van der Waals surface area contributed by atoms with E-state index in [0.29, 0.717) is 32.5 Å². The van der Waals surface area contributed by atoms with Gasteiger partial charge in [0.15, 0.2) is 0 Å². The van der Waals surface area contributed by atoms with Gasteiger partial charge in [-0.15, -0.1) is 0 Å². The smallest absolute Gasteiger partial charge is 0.309 e. The molecule has 1 atom stereocenters. The third-order valence-corrected chi connectivity index (χ3v) is 12.9. The second-order valence-corrected chi connectivity index (χ2v) is 11.9. The van der Waals surface area contributed by atoms with Crippen LogP contribution < -0.4 is 0 Å². The summed E-state index contributed by atoms with van der Waals surface area (Å²) in [6, 6.07) is 0. The Balaban J connectivity index is 1.50. The van der Waals surface area contributed by atoms with Crippen LogP contribution in [0.4, 0.5) is 0 Å². The molecule has 7 fully saturated rings. The zero-order chi connectivity index (χ0) is 18.2. The van der Waals surface area contributed by atoms with Crippen LogP contribution in [-0.2, 0) is 9.53 Å². The molecule has 7 saturated carbocycles. The second-order valence-electron chi connectivity index (χ2n) is 11.9. The zero-order valence-corrected chi connectivity index (χ0v) is 17.2. The van der Waals surface area contributed by atoms with E-state index in [0.717, 1.165) is 0 Å². The maximum Gasteiger partial charge on any atom is 0.309 e. The number of fused-ring (bicyclic) bond motifs is 6. The molecular formula is C25H36O2. The number of carbonyl (C=O) groups is 1. The monoisotopic (exact) mass is 368 g/mol. The summed E-state index contributed by atoms with van der Waals surface area (Å²) in [5, 5.41) is 0. The number of carbonyl (C=O) groups excluding carboxylic acids is 1. The van der Waals surface area contributed by atoms with Gasteiger partial charge in [-0.1, -0.05) is 32.1 Å². The van der Waals surface area contributed by atoms with Gasteiger partial charge in [0.25, 0.3) is 0 Å². The average molecular weight is 369 g/mol. The molecule has 27 heavy (non-hydrogen) atoms. The molecule has 7 aliphatic carbocycles. The number of ether oxygens (including phenoxy) is 1. The SMILES string of the molecule is COC(=O)[C@@H]1CC12C1(CCC1)C1(CCC1)C1(CCC1)C1(CCC1)C21CCC1. The highest BCUT2D eigenvalue weighted by molar-refractivity contribution is 5.78. The normalized spacial score (nSPS) is 40.7. The van der Waals surface area contributed by atoms with Crippen LogP contribution >= 0.6 is 0 Å². The number of hydrogen-bond acceptors (Lipinski definition) is 2. The highest BCUT2D eigenvalue weighted by atomic mass is 16.5. The van der Waals surface area contributed by atoms with Gasteiger partial charge in [-0.05, 0) is 103 Å². The predicted octanol–water partition coefficient (Wildman–Crippen LogP) is 6.03. The fourth-order valence-electron chi connectivity index (χ4n) is 11.8. The van der Waals surface area contributed by atoms with Crippen LogP contribution in [0.2, 0.25) is 0 Å². The second kappa shape index (κ2) is 4.46. The van der Waals surface area contributed by atoms with Crippen molar-refractivity contribution in [2.45, 2.75) is 103 Å². The van der Waals surface area contributed by atoms with Gasteiger partial charge < -0.3 is 4.74 Å². The van der Waals surface area contributed by atoms with Crippen LogP contribution in [0, 0.1) is 38.4 Å². The lowest BCUT2D eigenvalue weighted by molar-refractivity contribution is -0.411. The summed E-state index contributed by atoms with van der Waals surface area (Å²) in [6.07, 6.45) is 23.3. The van der Waals surface area contributed by atoms with Crippen molar-refractivity contribution in [2.24, 2.45) is 38.4 Å². The lowest BCUT2D eigenvalue weighted by Crippen LogP contribution is -2.82. The maximum absolute atomic E-state index is 13.0. The highest BCUT2D eigenvalue weighted by Crippen LogP contribution is 3.00. The average Bonchev–Trinajstić information content (AvgIpc) is 3.20. The highest BCUT2D eigenvalue weighted by Gasteiger charge is 2.94. The molecule has 0 heterocycles. The van der Waals surface area contributed by atoms with Gasteiger partial charge in [-0.2, -0.15) is 0 Å². The molecule has 7 rings (SSSR count). The Kier molecular flexibility index (Phi) is 2.69. The van der Waals surface area contributed by atoms with Crippen molar-refractivity contribution in [3.8, 4) is 0 Å². The van der Waals surface area contributed by atoms with Crippen molar-refractivity contribution < 1.29 is 9.53 Å². The van der Waals surface area contributed by atoms with Gasteiger partial charge in [0, 0.05) is 0 Å². The van der Waals surface area contributed by atoms with Crippen LogP contribution in [0.3, 0.4) is 0 Å². The standard InChI is InChI=1S/C25H36O2/c1-27-19(26)18-17-25(18)23(13-5-14-23)21(9-3-10-21)20(7-2-8-20)22(11-4-12-22)24(25)15-6-16-24/h18H,2-17H2,1H3/t18-/m0/s1. The summed E-state index contributed by atoms with van der Waals surface area (Å²) in [4.78, 5) is 13.0. The molecule has 0 unspecified atom stereocenters. The topological polar surface area (TPSA) is 26.3 Å². The van der Waals surface area contributed by atoms with Crippen molar-refractivity contribution in [1.29, 1.82) is 0 Å². The molecule has 0 saturated heterocycles. The molecule has 148 valence electrons. The molecule has 7 aliphatic rings. The molecule has 2 nitrogen and oxygen atoms in total. The largest absolute Gasteiger partial charge is 0.469 e. The van der Waals surface area contributed by atoms with E-state index >= 15 is 0 Å². The first-order chi connectivity index (χ1) is 13.1. The Labute approximate surface area is 164 Å². The van der Waals surface area contributed by atoms with E-state index < -0.39 is 0 Å². The predicted molar refractivity (Wildman–Crippen MR) is 104 cm³/mol. The first kappa shape index (κ1) is 16.3. The first-order valence-electron chi connectivity index (χ1n) is 12.2. The molecule has 0 radical (unpaired) electrons. The number of methoxy groups -OCH3 is 1. The summed E-state index contributed by atoms with van der Waals surface area (Å²) >= 11 is 0. The summed E-state index contributed by atoms with van der Waals surface area (Å²) in [7, 11) is 1.64. The summed E-state index contributed by atoms with van der Waals surface area (Å²) in [5.74, 6) is 0.400. The first-order valence-corrected chi connectivity index (χ1v) is 12.2. The van der Waals surface area contributed by atoms with Crippen molar-refractivity contribution in [1.82, 2.24) is 0 Å². The van der Waals surface area contributed by atoms with E-state index in [1.165, 1.54) is 103 Å². The Morgan fingerprint density at radius 1 is 0.630 bits per heavy atom. The lowest BCUT2D eigenvalue weighted by atomic mass is 9.14. The molecule has 2 heteroatoms. The van der Waals surface area contributed by atoms with Gasteiger partial charge in [0.05, 0.1) is 13.0 Å². The van der Waals surface area contributed by atoms with E-state index in [4.69, 9.17) is 4.74 Å². The summed E-state index contributed by atoms with van der Waals surface area (Å²) in [6.45, 7) is 0. The van der Waals surface area contributed by atoms with Crippen molar-refractivity contribution in [2.75, 3.05) is 7.11 Å². The molecule has 0 aromatic heterocycles. The lowest BCUT2D eigenvalue weighted by Gasteiger charge is -2.89. The molecule has 0 amide bonds. The molecule has 0 N–H and O–H groups in total. The van der Waals surface area contributed by atoms with Gasteiger partial charge in [0.1, 0.15) is 0 Å². The van der Waals surface area contributed by atoms with Gasteiger partial charge in [-0.25, -0.2) is 0 Å². The minimum atomic E-state index is 0.154. The Bertz CT molecular complexity index is 671. The minimum absolute atomic E-state index is 0.154. The number of esters is 1. The van der Waals surface area contributed by atoms with Crippen LogP contribution in [0.25, 0.3) is 0 Å². The van der Waals surface area contributed by atoms with Crippen LogP contribution in [0.1, 0.15) is 103 Å². The Morgan fingerprint density at radius 3 is 1.22 bits per heavy atom. The molecule has 0 aromatic carbocycles. The van der Waals surface area contributed by atoms with E-state index in [-0.39, 0.29) is 11.9 Å². The number of rotatable bonds is 1. The molecular weight excluding hydrogens is 332 g/mol. The number of hydrogen-bond donors (Lipinski definition) is 0. The quantitative estimate of drug-likeness (QED) is 0.528. The molecule has 0 bridgehead atoms. The zero-order valence-electron chi connectivity index (χ0n) is 17.2. The molecule has 0 aliphatic heterocycles. The third-order valence-electron chi connectivity index (χ3n) is 12.9. The van der Waals surface area contributed by atoms with Gasteiger partial charge in [-0.3, -0.25) is 4.79 Å². The Hall–Kier alpha value is -0.530. The van der Waals surface area contributed by atoms with Gasteiger partial charge >= 0.3 is 5.97 Å².